The van der Waals surface area contributed by atoms with Gasteiger partial charge in [-0.15, -0.1) is 0 Å². The third-order valence-electron chi connectivity index (χ3n) is 1.73. The van der Waals surface area contributed by atoms with E-state index in [9.17, 15) is 4.79 Å². The molecule has 0 aliphatic rings. The van der Waals surface area contributed by atoms with Gasteiger partial charge in [0, 0.05) is 18.9 Å². The first-order valence-electron chi connectivity index (χ1n) is 3.43. The van der Waals surface area contributed by atoms with Gasteiger partial charge in [0.25, 0.3) is 0 Å². The fraction of sp³-hybridized carbons (Fsp3) is 0.429. The van der Waals surface area contributed by atoms with Crippen LogP contribution in [-0.4, -0.2) is 25.7 Å². The fourth-order valence-corrected chi connectivity index (χ4v) is 0.878. The van der Waals surface area contributed by atoms with Crippen LogP contribution in [0.15, 0.2) is 6.20 Å². The van der Waals surface area contributed by atoms with Gasteiger partial charge in [0.15, 0.2) is 0 Å². The zero-order valence-electron chi connectivity index (χ0n) is 6.85. The fourth-order valence-electron chi connectivity index (χ4n) is 0.878. The van der Waals surface area contributed by atoms with Crippen LogP contribution in [0, 0.1) is 6.92 Å². The zero-order chi connectivity index (χ0) is 9.30. The Morgan fingerprint density at radius 1 is 1.75 bits per heavy atom. The molecular weight excluding hydrogens is 160 g/mol. The second kappa shape index (κ2) is 2.94. The van der Waals surface area contributed by atoms with Gasteiger partial charge in [-0.3, -0.25) is 0 Å². The number of aliphatic hydroxyl groups excluding tert-OH is 1. The van der Waals surface area contributed by atoms with Crippen molar-refractivity contribution in [2.45, 2.75) is 13.0 Å². The van der Waals surface area contributed by atoms with Gasteiger partial charge < -0.3 is 14.8 Å². The van der Waals surface area contributed by atoms with E-state index in [1.54, 1.807) is 18.5 Å². The molecule has 0 aliphatic carbocycles. The van der Waals surface area contributed by atoms with Crippen molar-refractivity contribution in [2.24, 2.45) is 7.05 Å². The van der Waals surface area contributed by atoms with Crippen molar-refractivity contribution >= 4 is 5.97 Å². The normalized spacial score (nSPS) is 12.9. The summed E-state index contributed by atoms with van der Waals surface area (Å²) in [7, 11) is 1.66. The molecule has 0 aliphatic heterocycles. The average molecular weight is 170 g/mol. The van der Waals surface area contributed by atoms with Crippen LogP contribution in [0.25, 0.3) is 0 Å². The molecule has 0 saturated carbocycles. The second-order valence-corrected chi connectivity index (χ2v) is 2.56. The molecule has 0 radical (unpaired) electrons. The number of aryl methyl sites for hydroxylation is 1. The molecule has 0 saturated heterocycles. The Hall–Kier alpha value is -1.36. The largest absolute Gasteiger partial charge is 0.479 e. The van der Waals surface area contributed by atoms with Crippen molar-refractivity contribution in [1.29, 1.82) is 0 Å². The van der Waals surface area contributed by atoms with Crippen LogP contribution in [0.2, 0.25) is 0 Å². The number of hydrogen-bond acceptors (Lipinski definition) is 3. The summed E-state index contributed by atoms with van der Waals surface area (Å²) >= 11 is 0. The molecular formula is C7H10N2O3. The lowest BCUT2D eigenvalue weighted by atomic mass is 10.3. The minimum absolute atomic E-state index is 0.153. The number of imidazole rings is 1. The van der Waals surface area contributed by atoms with E-state index in [0.717, 1.165) is 5.69 Å². The lowest BCUT2D eigenvalue weighted by molar-refractivity contribution is -0.147. The molecule has 1 atom stereocenters. The summed E-state index contributed by atoms with van der Waals surface area (Å²) in [5.41, 5.74) is 0.810. The van der Waals surface area contributed by atoms with Gasteiger partial charge >= 0.3 is 5.97 Å². The van der Waals surface area contributed by atoms with E-state index in [4.69, 9.17) is 10.2 Å². The maximum atomic E-state index is 10.4. The quantitative estimate of drug-likeness (QED) is 0.647. The van der Waals surface area contributed by atoms with Crippen molar-refractivity contribution in [3.8, 4) is 0 Å². The number of aliphatic hydroxyl groups is 1. The number of hydrogen-bond donors (Lipinski definition) is 2. The number of carboxylic acids is 1. The molecule has 0 amide bonds. The van der Waals surface area contributed by atoms with Crippen molar-refractivity contribution in [3.63, 3.8) is 0 Å². The molecule has 1 aromatic heterocycles. The predicted octanol–water partition coefficient (Wildman–Crippen LogP) is -0.153. The Morgan fingerprint density at radius 2 is 2.33 bits per heavy atom. The van der Waals surface area contributed by atoms with E-state index >= 15 is 0 Å². The van der Waals surface area contributed by atoms with Crippen LogP contribution in [0.3, 0.4) is 0 Å². The summed E-state index contributed by atoms with van der Waals surface area (Å²) < 4.78 is 1.54. The number of carbonyl (C=O) groups is 1. The third-order valence-corrected chi connectivity index (χ3v) is 1.73. The van der Waals surface area contributed by atoms with Crippen molar-refractivity contribution in [2.75, 3.05) is 0 Å². The molecule has 0 fully saturated rings. The molecule has 1 aromatic rings. The van der Waals surface area contributed by atoms with Crippen LogP contribution in [0.1, 0.15) is 17.6 Å². The van der Waals surface area contributed by atoms with E-state index in [0.29, 0.717) is 0 Å². The minimum Gasteiger partial charge on any atom is -0.479 e. The molecule has 0 aromatic carbocycles. The monoisotopic (exact) mass is 170 g/mol. The van der Waals surface area contributed by atoms with E-state index in [1.807, 2.05) is 0 Å². The van der Waals surface area contributed by atoms with Gasteiger partial charge in [0.2, 0.25) is 6.10 Å². The molecule has 0 bridgehead atoms. The molecule has 1 unspecified atom stereocenters. The highest BCUT2D eigenvalue weighted by Crippen LogP contribution is 2.11. The van der Waals surface area contributed by atoms with Crippen molar-refractivity contribution in [3.05, 3.63) is 17.7 Å². The maximum absolute atomic E-state index is 10.4. The first kappa shape index (κ1) is 8.73. The van der Waals surface area contributed by atoms with Gasteiger partial charge in [-0.1, -0.05) is 0 Å². The maximum Gasteiger partial charge on any atom is 0.340 e. The van der Waals surface area contributed by atoms with E-state index in [1.165, 1.54) is 6.20 Å². The number of aliphatic carboxylic acids is 1. The van der Waals surface area contributed by atoms with Gasteiger partial charge in [0.1, 0.15) is 5.82 Å². The summed E-state index contributed by atoms with van der Waals surface area (Å²) in [5.74, 6) is -1.14. The first-order chi connectivity index (χ1) is 5.54. The summed E-state index contributed by atoms with van der Waals surface area (Å²) in [5, 5.41) is 17.6. The Morgan fingerprint density at radius 3 is 2.67 bits per heavy atom. The van der Waals surface area contributed by atoms with Gasteiger partial charge in [-0.05, 0) is 6.92 Å². The summed E-state index contributed by atoms with van der Waals surface area (Å²) in [6.45, 7) is 1.78. The molecule has 1 rings (SSSR count). The number of aromatic nitrogens is 2. The molecule has 2 N–H and O–H groups in total. The highest BCUT2D eigenvalue weighted by molar-refractivity contribution is 5.72. The number of carboxylic acid groups (broad SMARTS) is 1. The van der Waals surface area contributed by atoms with Crippen LogP contribution < -0.4 is 0 Å². The van der Waals surface area contributed by atoms with Crippen LogP contribution in [0.4, 0.5) is 0 Å². The summed E-state index contributed by atoms with van der Waals surface area (Å²) in [6.07, 6.45) is -0.0229. The van der Waals surface area contributed by atoms with E-state index < -0.39 is 12.1 Å². The lowest BCUT2D eigenvalue weighted by Crippen LogP contribution is -2.15. The summed E-state index contributed by atoms with van der Waals surface area (Å²) in [6, 6.07) is 0. The highest BCUT2D eigenvalue weighted by atomic mass is 16.4. The Bertz CT molecular complexity index is 306. The molecule has 5 heteroatoms. The van der Waals surface area contributed by atoms with Gasteiger partial charge in [0.05, 0.1) is 0 Å². The van der Waals surface area contributed by atoms with Gasteiger partial charge in [-0.2, -0.15) is 0 Å². The Labute approximate surface area is 69.3 Å². The standard InChI is InChI=1S/C7H10N2O3/c1-4-3-8-6(9(4)2)5(10)7(11)12/h3,5,10H,1-2H3,(H,11,12). The van der Waals surface area contributed by atoms with E-state index in [-0.39, 0.29) is 5.82 Å². The average Bonchev–Trinajstić information content (AvgIpc) is 2.32. The Kier molecular flexibility index (Phi) is 2.14. The van der Waals surface area contributed by atoms with Crippen molar-refractivity contribution in [1.82, 2.24) is 9.55 Å². The molecule has 66 valence electrons. The van der Waals surface area contributed by atoms with Crippen LogP contribution >= 0.6 is 0 Å². The SMILES string of the molecule is Cc1cnc(C(O)C(=O)O)n1C. The third kappa shape index (κ3) is 1.31. The molecule has 0 spiro atoms. The second-order valence-electron chi connectivity index (χ2n) is 2.56. The van der Waals surface area contributed by atoms with Crippen LogP contribution in [0.5, 0.6) is 0 Å². The molecule has 12 heavy (non-hydrogen) atoms. The lowest BCUT2D eigenvalue weighted by Gasteiger charge is -2.05. The molecule has 1 heterocycles. The van der Waals surface area contributed by atoms with Gasteiger partial charge in [-0.25, -0.2) is 9.78 Å². The Balaban J connectivity index is 3.03. The number of rotatable bonds is 2. The smallest absolute Gasteiger partial charge is 0.340 e. The summed E-state index contributed by atoms with van der Waals surface area (Å²) in [4.78, 5) is 14.1. The van der Waals surface area contributed by atoms with Crippen molar-refractivity contribution < 1.29 is 15.0 Å². The topological polar surface area (TPSA) is 75.3 Å². The molecule has 5 nitrogen and oxygen atoms in total. The predicted molar refractivity (Wildman–Crippen MR) is 40.5 cm³/mol. The van der Waals surface area contributed by atoms with E-state index in [2.05, 4.69) is 4.98 Å². The number of nitrogens with zero attached hydrogens (tertiary/aromatic N) is 2. The highest BCUT2D eigenvalue weighted by Gasteiger charge is 2.20. The first-order valence-corrected chi connectivity index (χ1v) is 3.43. The minimum atomic E-state index is -1.54. The van der Waals surface area contributed by atoms with Crippen LogP contribution in [-0.2, 0) is 11.8 Å². The zero-order valence-corrected chi connectivity index (χ0v) is 6.85.